The number of ether oxygens (including phenoxy) is 1. The van der Waals surface area contributed by atoms with Crippen molar-refractivity contribution >= 4 is 28.2 Å². The van der Waals surface area contributed by atoms with E-state index >= 15 is 0 Å². The molecule has 0 aliphatic rings. The summed E-state index contributed by atoms with van der Waals surface area (Å²) < 4.78 is 5.62. The number of anilines is 1. The Morgan fingerprint density at radius 2 is 2.05 bits per heavy atom. The van der Waals surface area contributed by atoms with Crippen molar-refractivity contribution in [1.29, 1.82) is 0 Å². The summed E-state index contributed by atoms with van der Waals surface area (Å²) in [5, 5.41) is 5.33. The van der Waals surface area contributed by atoms with Crippen molar-refractivity contribution < 1.29 is 4.74 Å². The molecule has 1 heterocycles. The second-order valence-corrected chi connectivity index (χ2v) is 5.22. The molecule has 2 N–H and O–H groups in total. The highest BCUT2D eigenvalue weighted by Crippen LogP contribution is 2.29. The Hall–Kier alpha value is -2.13. The number of aromatic amines is 1. The third-order valence-corrected chi connectivity index (χ3v) is 3.62. The highest BCUT2D eigenvalue weighted by atomic mass is 35.5. The second-order valence-electron chi connectivity index (χ2n) is 4.79. The first-order valence-corrected chi connectivity index (χ1v) is 7.37. The van der Waals surface area contributed by atoms with Crippen LogP contribution in [0.1, 0.15) is 12.5 Å². The summed E-state index contributed by atoms with van der Waals surface area (Å²) in [6, 6.07) is 13.9. The molecular formula is C17H17ClN2O. The van der Waals surface area contributed by atoms with Crippen molar-refractivity contribution in [1.82, 2.24) is 4.98 Å². The number of aromatic nitrogens is 1. The number of fused-ring (bicyclic) bond motifs is 1. The molecule has 0 amide bonds. The molecule has 0 bridgehead atoms. The molecule has 0 radical (unpaired) electrons. The molecule has 108 valence electrons. The molecule has 0 aliphatic carbocycles. The van der Waals surface area contributed by atoms with E-state index in [1.54, 1.807) is 0 Å². The number of rotatable bonds is 5. The van der Waals surface area contributed by atoms with Crippen molar-refractivity contribution in [3.8, 4) is 5.75 Å². The van der Waals surface area contributed by atoms with E-state index in [2.05, 4.69) is 22.4 Å². The van der Waals surface area contributed by atoms with Crippen LogP contribution in [-0.2, 0) is 6.54 Å². The second kappa shape index (κ2) is 6.10. The molecule has 0 saturated carbocycles. The van der Waals surface area contributed by atoms with Crippen molar-refractivity contribution in [2.45, 2.75) is 13.5 Å². The molecule has 0 aliphatic heterocycles. The molecule has 0 saturated heterocycles. The summed E-state index contributed by atoms with van der Waals surface area (Å²) >= 11 is 6.07. The minimum Gasteiger partial charge on any atom is -0.492 e. The Balaban J connectivity index is 1.83. The predicted molar refractivity (Wildman–Crippen MR) is 88.2 cm³/mol. The normalized spacial score (nSPS) is 10.8. The zero-order valence-corrected chi connectivity index (χ0v) is 12.6. The smallest absolute Gasteiger partial charge is 0.142 e. The van der Waals surface area contributed by atoms with E-state index < -0.39 is 0 Å². The van der Waals surface area contributed by atoms with E-state index in [9.17, 15) is 0 Å². The van der Waals surface area contributed by atoms with Gasteiger partial charge in [-0.1, -0.05) is 29.8 Å². The van der Waals surface area contributed by atoms with Gasteiger partial charge in [0.15, 0.2) is 0 Å². The topological polar surface area (TPSA) is 37.0 Å². The lowest BCUT2D eigenvalue weighted by molar-refractivity contribution is 0.341. The lowest BCUT2D eigenvalue weighted by Gasteiger charge is -2.12. The van der Waals surface area contributed by atoms with Gasteiger partial charge in [0.25, 0.3) is 0 Å². The maximum atomic E-state index is 6.07. The molecule has 3 rings (SSSR count). The van der Waals surface area contributed by atoms with Crippen molar-refractivity contribution in [3.05, 3.63) is 59.2 Å². The molecular weight excluding hydrogens is 284 g/mol. The minimum atomic E-state index is 0.628. The van der Waals surface area contributed by atoms with E-state index in [0.29, 0.717) is 18.2 Å². The van der Waals surface area contributed by atoms with Gasteiger partial charge in [0.05, 0.1) is 12.3 Å². The van der Waals surface area contributed by atoms with Crippen LogP contribution in [0.5, 0.6) is 5.75 Å². The lowest BCUT2D eigenvalue weighted by atomic mass is 10.1. The van der Waals surface area contributed by atoms with E-state index in [0.717, 1.165) is 17.0 Å². The van der Waals surface area contributed by atoms with Crippen LogP contribution >= 0.6 is 11.6 Å². The number of H-pyrrole nitrogens is 1. The highest BCUT2D eigenvalue weighted by molar-refractivity contribution is 6.30. The van der Waals surface area contributed by atoms with Gasteiger partial charge < -0.3 is 15.0 Å². The van der Waals surface area contributed by atoms with E-state index in [4.69, 9.17) is 16.3 Å². The Bertz CT molecular complexity index is 751. The van der Waals surface area contributed by atoms with Crippen LogP contribution in [-0.4, -0.2) is 11.6 Å². The van der Waals surface area contributed by atoms with Gasteiger partial charge in [-0.2, -0.15) is 0 Å². The van der Waals surface area contributed by atoms with Gasteiger partial charge in [-0.25, -0.2) is 0 Å². The third-order valence-electron chi connectivity index (χ3n) is 3.39. The summed E-state index contributed by atoms with van der Waals surface area (Å²) in [6.45, 7) is 3.31. The van der Waals surface area contributed by atoms with Crippen LogP contribution in [0.15, 0.2) is 48.7 Å². The highest BCUT2D eigenvalue weighted by Gasteiger charge is 2.06. The maximum Gasteiger partial charge on any atom is 0.142 e. The van der Waals surface area contributed by atoms with Gasteiger partial charge in [0, 0.05) is 28.7 Å². The summed E-state index contributed by atoms with van der Waals surface area (Å²) in [5.74, 6) is 0.821. The van der Waals surface area contributed by atoms with E-state index in [1.165, 1.54) is 10.9 Å². The quantitative estimate of drug-likeness (QED) is 0.708. The Labute approximate surface area is 128 Å². The van der Waals surface area contributed by atoms with Gasteiger partial charge in [-0.15, -0.1) is 0 Å². The molecule has 2 aromatic carbocycles. The summed E-state index contributed by atoms with van der Waals surface area (Å²) in [5.41, 5.74) is 3.27. The average molecular weight is 301 g/mol. The summed E-state index contributed by atoms with van der Waals surface area (Å²) in [6.07, 6.45) is 2.03. The fourth-order valence-corrected chi connectivity index (χ4v) is 2.56. The zero-order chi connectivity index (χ0) is 14.7. The van der Waals surface area contributed by atoms with Gasteiger partial charge in [0.2, 0.25) is 0 Å². The van der Waals surface area contributed by atoms with Crippen LogP contribution in [0.4, 0.5) is 5.69 Å². The first-order valence-electron chi connectivity index (χ1n) is 6.99. The third kappa shape index (κ3) is 2.98. The molecule has 0 spiro atoms. The van der Waals surface area contributed by atoms with Crippen LogP contribution in [0.25, 0.3) is 10.9 Å². The summed E-state index contributed by atoms with van der Waals surface area (Å²) in [7, 11) is 0. The Morgan fingerprint density at radius 3 is 2.90 bits per heavy atom. The fourth-order valence-electron chi connectivity index (χ4n) is 2.39. The molecule has 4 heteroatoms. The minimum absolute atomic E-state index is 0.628. The lowest BCUT2D eigenvalue weighted by Crippen LogP contribution is -2.02. The van der Waals surface area contributed by atoms with Gasteiger partial charge >= 0.3 is 0 Å². The van der Waals surface area contributed by atoms with Gasteiger partial charge in [-0.05, 0) is 36.8 Å². The monoisotopic (exact) mass is 300 g/mol. The van der Waals surface area contributed by atoms with E-state index in [-0.39, 0.29) is 0 Å². The molecule has 3 nitrogen and oxygen atoms in total. The summed E-state index contributed by atoms with van der Waals surface area (Å²) in [4.78, 5) is 3.28. The number of hydrogen-bond donors (Lipinski definition) is 2. The molecule has 0 unspecified atom stereocenters. The van der Waals surface area contributed by atoms with Crippen LogP contribution in [0.2, 0.25) is 5.02 Å². The Morgan fingerprint density at radius 1 is 1.19 bits per heavy atom. The zero-order valence-electron chi connectivity index (χ0n) is 11.8. The van der Waals surface area contributed by atoms with Crippen molar-refractivity contribution in [2.75, 3.05) is 11.9 Å². The average Bonchev–Trinajstić information content (AvgIpc) is 2.91. The molecule has 0 fully saturated rings. The van der Waals surface area contributed by atoms with Gasteiger partial charge in [-0.3, -0.25) is 0 Å². The Kier molecular flexibility index (Phi) is 4.02. The first-order chi connectivity index (χ1) is 10.3. The number of hydrogen-bond acceptors (Lipinski definition) is 2. The largest absolute Gasteiger partial charge is 0.492 e. The molecule has 3 aromatic rings. The maximum absolute atomic E-state index is 6.07. The predicted octanol–water partition coefficient (Wildman–Crippen LogP) is 4.83. The number of nitrogens with one attached hydrogen (secondary N) is 2. The standard InChI is InChI=1S/C17H17ClN2O/c1-2-21-17-8-7-13(18)9-16(17)20-11-12-10-19-15-6-4-3-5-14(12)15/h3-10,19-20H,2,11H2,1H3. The number of halogens is 1. The fraction of sp³-hybridized carbons (Fsp3) is 0.176. The molecule has 21 heavy (non-hydrogen) atoms. The number of benzene rings is 2. The molecule has 1 aromatic heterocycles. The van der Waals surface area contributed by atoms with E-state index in [1.807, 2.05) is 43.5 Å². The van der Waals surface area contributed by atoms with Crippen molar-refractivity contribution in [2.24, 2.45) is 0 Å². The van der Waals surface area contributed by atoms with Crippen molar-refractivity contribution in [3.63, 3.8) is 0 Å². The van der Waals surface area contributed by atoms with Gasteiger partial charge in [0.1, 0.15) is 5.75 Å². The number of para-hydroxylation sites is 1. The SMILES string of the molecule is CCOc1ccc(Cl)cc1NCc1c[nH]c2ccccc12. The molecule has 0 atom stereocenters. The van der Waals surface area contributed by atoms with Crippen LogP contribution in [0, 0.1) is 0 Å². The first kappa shape index (κ1) is 13.8. The van der Waals surface area contributed by atoms with Crippen LogP contribution < -0.4 is 10.1 Å². The van der Waals surface area contributed by atoms with Crippen LogP contribution in [0.3, 0.4) is 0 Å².